The van der Waals surface area contributed by atoms with Crippen molar-refractivity contribution in [1.29, 1.82) is 0 Å². The summed E-state index contributed by atoms with van der Waals surface area (Å²) in [5, 5.41) is 7.12. The zero-order chi connectivity index (χ0) is 13.1. The first-order chi connectivity index (χ1) is 9.31. The summed E-state index contributed by atoms with van der Waals surface area (Å²) in [5.74, 6) is 1.72. The molecule has 0 amide bonds. The molecule has 0 radical (unpaired) electrons. The SMILES string of the molecule is CC(CC1CCCN1)NCc1ccc2c(c1)OCO2. The van der Waals surface area contributed by atoms with Gasteiger partial charge in [-0.05, 0) is 50.4 Å². The number of nitrogens with one attached hydrogen (secondary N) is 2. The van der Waals surface area contributed by atoms with Crippen molar-refractivity contribution >= 4 is 0 Å². The fourth-order valence-corrected chi connectivity index (χ4v) is 2.81. The summed E-state index contributed by atoms with van der Waals surface area (Å²) in [6.07, 6.45) is 3.83. The van der Waals surface area contributed by atoms with Gasteiger partial charge in [-0.15, -0.1) is 0 Å². The quantitative estimate of drug-likeness (QED) is 0.852. The summed E-state index contributed by atoms with van der Waals surface area (Å²) in [7, 11) is 0. The Hall–Kier alpha value is -1.26. The molecule has 2 aliphatic heterocycles. The van der Waals surface area contributed by atoms with Crippen molar-refractivity contribution in [3.63, 3.8) is 0 Å². The summed E-state index contributed by atoms with van der Waals surface area (Å²) in [4.78, 5) is 0. The van der Waals surface area contributed by atoms with Crippen molar-refractivity contribution < 1.29 is 9.47 Å². The minimum atomic E-state index is 0.343. The average Bonchev–Trinajstić information content (AvgIpc) is 3.06. The van der Waals surface area contributed by atoms with E-state index in [4.69, 9.17) is 9.47 Å². The number of hydrogen-bond donors (Lipinski definition) is 2. The molecule has 4 nitrogen and oxygen atoms in total. The molecule has 0 aliphatic carbocycles. The molecule has 19 heavy (non-hydrogen) atoms. The summed E-state index contributed by atoms with van der Waals surface area (Å²) < 4.78 is 10.7. The zero-order valence-electron chi connectivity index (χ0n) is 11.4. The highest BCUT2D eigenvalue weighted by Gasteiger charge is 2.17. The van der Waals surface area contributed by atoms with Crippen LogP contribution in [0.4, 0.5) is 0 Å². The first-order valence-electron chi connectivity index (χ1n) is 7.16. The largest absolute Gasteiger partial charge is 0.454 e. The van der Waals surface area contributed by atoms with Gasteiger partial charge in [-0.2, -0.15) is 0 Å². The lowest BCUT2D eigenvalue weighted by molar-refractivity contribution is 0.174. The van der Waals surface area contributed by atoms with E-state index in [2.05, 4.69) is 29.7 Å². The van der Waals surface area contributed by atoms with E-state index in [9.17, 15) is 0 Å². The molecule has 1 aromatic carbocycles. The van der Waals surface area contributed by atoms with Crippen LogP contribution in [0.3, 0.4) is 0 Å². The molecule has 0 saturated carbocycles. The first-order valence-corrected chi connectivity index (χ1v) is 7.16. The lowest BCUT2D eigenvalue weighted by Crippen LogP contribution is -2.33. The molecule has 2 aliphatic rings. The van der Waals surface area contributed by atoms with E-state index in [1.165, 1.54) is 31.4 Å². The Morgan fingerprint density at radius 3 is 3.11 bits per heavy atom. The van der Waals surface area contributed by atoms with Crippen molar-refractivity contribution in [2.24, 2.45) is 0 Å². The van der Waals surface area contributed by atoms with Gasteiger partial charge in [-0.25, -0.2) is 0 Å². The smallest absolute Gasteiger partial charge is 0.231 e. The van der Waals surface area contributed by atoms with E-state index in [1.807, 2.05) is 6.07 Å². The third-order valence-corrected chi connectivity index (χ3v) is 3.89. The van der Waals surface area contributed by atoms with E-state index >= 15 is 0 Å². The first kappa shape index (κ1) is 12.8. The Balaban J connectivity index is 1.48. The Morgan fingerprint density at radius 1 is 1.37 bits per heavy atom. The molecule has 1 aromatic rings. The average molecular weight is 262 g/mol. The molecular formula is C15H22N2O2. The van der Waals surface area contributed by atoms with Gasteiger partial charge in [0, 0.05) is 18.6 Å². The number of ether oxygens (including phenoxy) is 2. The molecule has 2 heterocycles. The maximum atomic E-state index is 5.39. The second-order valence-electron chi connectivity index (χ2n) is 5.50. The van der Waals surface area contributed by atoms with Crippen LogP contribution in [0.1, 0.15) is 31.7 Å². The highest BCUT2D eigenvalue weighted by molar-refractivity contribution is 5.44. The molecule has 0 spiro atoms. The molecule has 3 rings (SSSR count). The van der Waals surface area contributed by atoms with Crippen LogP contribution in [0.15, 0.2) is 18.2 Å². The lowest BCUT2D eigenvalue weighted by atomic mass is 10.1. The summed E-state index contributed by atoms with van der Waals surface area (Å²) >= 11 is 0. The predicted molar refractivity (Wildman–Crippen MR) is 74.5 cm³/mol. The summed E-state index contributed by atoms with van der Waals surface area (Å²) in [6.45, 7) is 4.66. The second-order valence-corrected chi connectivity index (χ2v) is 5.50. The van der Waals surface area contributed by atoms with E-state index in [0.29, 0.717) is 18.9 Å². The predicted octanol–water partition coefficient (Wildman–Crippen LogP) is 2.04. The van der Waals surface area contributed by atoms with E-state index < -0.39 is 0 Å². The van der Waals surface area contributed by atoms with Gasteiger partial charge in [0.2, 0.25) is 6.79 Å². The molecule has 2 unspecified atom stereocenters. The molecule has 2 N–H and O–H groups in total. The maximum Gasteiger partial charge on any atom is 0.231 e. The molecule has 0 bridgehead atoms. The van der Waals surface area contributed by atoms with Gasteiger partial charge >= 0.3 is 0 Å². The van der Waals surface area contributed by atoms with E-state index in [-0.39, 0.29) is 0 Å². The maximum absolute atomic E-state index is 5.39. The molecule has 0 aromatic heterocycles. The van der Waals surface area contributed by atoms with Crippen molar-refractivity contribution in [2.75, 3.05) is 13.3 Å². The van der Waals surface area contributed by atoms with Gasteiger partial charge < -0.3 is 20.1 Å². The van der Waals surface area contributed by atoms with Crippen LogP contribution >= 0.6 is 0 Å². The highest BCUT2D eigenvalue weighted by atomic mass is 16.7. The highest BCUT2D eigenvalue weighted by Crippen LogP contribution is 2.32. The second kappa shape index (κ2) is 5.80. The zero-order valence-corrected chi connectivity index (χ0v) is 11.4. The Labute approximate surface area is 114 Å². The Kier molecular flexibility index (Phi) is 3.89. The number of hydrogen-bond acceptors (Lipinski definition) is 4. The van der Waals surface area contributed by atoms with Crippen molar-refractivity contribution in [3.05, 3.63) is 23.8 Å². The van der Waals surface area contributed by atoms with Gasteiger partial charge in [-0.1, -0.05) is 6.07 Å². The minimum Gasteiger partial charge on any atom is -0.454 e. The minimum absolute atomic E-state index is 0.343. The fraction of sp³-hybridized carbons (Fsp3) is 0.600. The fourth-order valence-electron chi connectivity index (χ4n) is 2.81. The van der Waals surface area contributed by atoms with Crippen LogP contribution < -0.4 is 20.1 Å². The van der Waals surface area contributed by atoms with Crippen LogP contribution in [0, 0.1) is 0 Å². The number of fused-ring (bicyclic) bond motifs is 1. The molecule has 1 saturated heterocycles. The standard InChI is InChI=1S/C15H22N2O2/c1-11(7-13-3-2-6-16-13)17-9-12-4-5-14-15(8-12)19-10-18-14/h4-5,8,11,13,16-17H,2-3,6-7,9-10H2,1H3. The summed E-state index contributed by atoms with van der Waals surface area (Å²) in [6, 6.07) is 7.37. The lowest BCUT2D eigenvalue weighted by Gasteiger charge is -2.18. The third kappa shape index (κ3) is 3.19. The van der Waals surface area contributed by atoms with Crippen molar-refractivity contribution in [2.45, 2.75) is 44.8 Å². The molecule has 1 fully saturated rings. The van der Waals surface area contributed by atoms with Crippen molar-refractivity contribution in [3.8, 4) is 11.5 Å². The molecular weight excluding hydrogens is 240 g/mol. The van der Waals surface area contributed by atoms with Gasteiger partial charge in [-0.3, -0.25) is 0 Å². The monoisotopic (exact) mass is 262 g/mol. The molecule has 2 atom stereocenters. The van der Waals surface area contributed by atoms with E-state index in [0.717, 1.165) is 18.0 Å². The molecule has 4 heteroatoms. The Morgan fingerprint density at radius 2 is 2.26 bits per heavy atom. The van der Waals surface area contributed by atoms with Crippen LogP contribution in [0.2, 0.25) is 0 Å². The number of rotatable bonds is 5. The van der Waals surface area contributed by atoms with Gasteiger partial charge in [0.25, 0.3) is 0 Å². The van der Waals surface area contributed by atoms with Crippen LogP contribution in [0.5, 0.6) is 11.5 Å². The van der Waals surface area contributed by atoms with Crippen LogP contribution in [0.25, 0.3) is 0 Å². The Bertz CT molecular complexity index is 430. The molecule has 104 valence electrons. The van der Waals surface area contributed by atoms with Crippen molar-refractivity contribution in [1.82, 2.24) is 10.6 Å². The van der Waals surface area contributed by atoms with Crippen LogP contribution in [-0.4, -0.2) is 25.4 Å². The van der Waals surface area contributed by atoms with Gasteiger partial charge in [0.05, 0.1) is 0 Å². The summed E-state index contributed by atoms with van der Waals surface area (Å²) in [5.41, 5.74) is 1.25. The van der Waals surface area contributed by atoms with Crippen LogP contribution in [-0.2, 0) is 6.54 Å². The number of benzene rings is 1. The normalized spacial score (nSPS) is 22.7. The van der Waals surface area contributed by atoms with Gasteiger partial charge in [0.15, 0.2) is 11.5 Å². The van der Waals surface area contributed by atoms with Gasteiger partial charge in [0.1, 0.15) is 0 Å². The van der Waals surface area contributed by atoms with E-state index in [1.54, 1.807) is 0 Å². The topological polar surface area (TPSA) is 42.5 Å². The third-order valence-electron chi connectivity index (χ3n) is 3.89.